The number of rotatable bonds is 6. The molecule has 0 atom stereocenters. The largest absolute Gasteiger partial charge is 0.462 e. The summed E-state index contributed by atoms with van der Waals surface area (Å²) < 4.78 is 5.01. The van der Waals surface area contributed by atoms with E-state index in [1.807, 2.05) is 0 Å². The maximum atomic E-state index is 12.2. The Morgan fingerprint density at radius 1 is 1.30 bits per heavy atom. The van der Waals surface area contributed by atoms with E-state index in [0.717, 1.165) is 37.3 Å². The van der Waals surface area contributed by atoms with Gasteiger partial charge in [0.15, 0.2) is 0 Å². The minimum atomic E-state index is -0.627. The van der Waals surface area contributed by atoms with Gasteiger partial charge in [0, 0.05) is 0 Å². The number of thiophene rings is 1. The van der Waals surface area contributed by atoms with Gasteiger partial charge in [-0.3, -0.25) is 14.5 Å². The first-order chi connectivity index (χ1) is 10.9. The summed E-state index contributed by atoms with van der Waals surface area (Å²) in [5.41, 5.74) is 5.98. The lowest BCUT2D eigenvalue weighted by Crippen LogP contribution is -2.31. The van der Waals surface area contributed by atoms with Gasteiger partial charge in [-0.2, -0.15) is 0 Å². The van der Waals surface area contributed by atoms with Crippen LogP contribution in [0.3, 0.4) is 0 Å². The number of nitrogens with one attached hydrogen (secondary N) is 1. The summed E-state index contributed by atoms with van der Waals surface area (Å²) in [6.45, 7) is 5.59. The highest BCUT2D eigenvalue weighted by atomic mass is 32.1. The van der Waals surface area contributed by atoms with Gasteiger partial charge in [-0.05, 0) is 45.3 Å². The molecule has 2 amide bonds. The summed E-state index contributed by atoms with van der Waals surface area (Å²) in [6, 6.07) is 0. The van der Waals surface area contributed by atoms with Crippen molar-refractivity contribution in [1.29, 1.82) is 0 Å². The first-order valence-corrected chi connectivity index (χ1v) is 8.38. The molecule has 1 aromatic rings. The van der Waals surface area contributed by atoms with E-state index in [1.54, 1.807) is 13.8 Å². The summed E-state index contributed by atoms with van der Waals surface area (Å²) in [7, 11) is 0. The Balaban J connectivity index is 2.21. The lowest BCUT2D eigenvalue weighted by Gasteiger charge is -2.14. The summed E-state index contributed by atoms with van der Waals surface area (Å²) in [6.07, 6.45) is 2.18. The van der Waals surface area contributed by atoms with Crippen LogP contribution in [0.4, 0.5) is 5.00 Å². The van der Waals surface area contributed by atoms with Crippen molar-refractivity contribution in [3.63, 3.8) is 0 Å². The zero-order valence-electron chi connectivity index (χ0n) is 13.3. The van der Waals surface area contributed by atoms with E-state index in [1.165, 1.54) is 0 Å². The molecule has 0 radical (unpaired) electrons. The van der Waals surface area contributed by atoms with Gasteiger partial charge in [0.05, 0.1) is 23.6 Å². The Hall–Kier alpha value is -1.93. The average Bonchev–Trinajstić information content (AvgIpc) is 3.07. The number of hydrogen-bond donors (Lipinski definition) is 2. The fourth-order valence-corrected chi connectivity index (χ4v) is 3.66. The predicted molar refractivity (Wildman–Crippen MR) is 87.8 cm³/mol. The minimum Gasteiger partial charge on any atom is -0.462 e. The molecule has 1 aromatic heterocycles. The third-order valence-electron chi connectivity index (χ3n) is 3.67. The third kappa shape index (κ3) is 4.08. The van der Waals surface area contributed by atoms with E-state index < -0.39 is 11.9 Å². The molecule has 1 saturated heterocycles. The van der Waals surface area contributed by atoms with Gasteiger partial charge >= 0.3 is 5.97 Å². The van der Waals surface area contributed by atoms with Gasteiger partial charge in [0.25, 0.3) is 5.91 Å². The summed E-state index contributed by atoms with van der Waals surface area (Å²) in [5, 5.41) is 3.04. The molecular weight excluding hydrogens is 318 g/mol. The summed E-state index contributed by atoms with van der Waals surface area (Å²) in [5.74, 6) is -1.40. The first kappa shape index (κ1) is 17.4. The lowest BCUT2D eigenvalue weighted by molar-refractivity contribution is -0.117. The standard InChI is InChI=1S/C15H21N3O4S/c1-3-22-15(21)11-9(2)12(13(16)20)23-14(11)17-10(19)8-18-6-4-5-7-18/h3-8H2,1-2H3,(H2,16,20)(H,17,19). The van der Waals surface area contributed by atoms with E-state index in [2.05, 4.69) is 10.2 Å². The van der Waals surface area contributed by atoms with E-state index in [4.69, 9.17) is 10.5 Å². The molecule has 126 valence electrons. The Labute approximate surface area is 138 Å². The number of anilines is 1. The number of amides is 2. The quantitative estimate of drug-likeness (QED) is 0.762. The van der Waals surface area contributed by atoms with Crippen molar-refractivity contribution in [2.24, 2.45) is 5.73 Å². The number of nitrogens with two attached hydrogens (primary N) is 1. The summed E-state index contributed by atoms with van der Waals surface area (Å²) in [4.78, 5) is 38.1. The second-order valence-electron chi connectivity index (χ2n) is 5.38. The SMILES string of the molecule is CCOC(=O)c1c(NC(=O)CN2CCCC2)sc(C(N)=O)c1C. The fraction of sp³-hybridized carbons (Fsp3) is 0.533. The average molecular weight is 339 g/mol. The second kappa shape index (κ2) is 7.56. The molecule has 2 heterocycles. The van der Waals surface area contributed by atoms with Crippen LogP contribution in [0.2, 0.25) is 0 Å². The van der Waals surface area contributed by atoms with Crippen LogP contribution < -0.4 is 11.1 Å². The van der Waals surface area contributed by atoms with E-state index >= 15 is 0 Å². The number of likely N-dealkylation sites (tertiary alicyclic amines) is 1. The van der Waals surface area contributed by atoms with Gasteiger partial charge in [-0.15, -0.1) is 11.3 Å². The highest BCUT2D eigenvalue weighted by molar-refractivity contribution is 7.18. The van der Waals surface area contributed by atoms with Crippen molar-refractivity contribution in [2.75, 3.05) is 31.6 Å². The van der Waals surface area contributed by atoms with E-state index in [-0.39, 0.29) is 29.5 Å². The Morgan fingerprint density at radius 2 is 1.96 bits per heavy atom. The van der Waals surface area contributed by atoms with Gasteiger partial charge in [0.2, 0.25) is 5.91 Å². The highest BCUT2D eigenvalue weighted by Gasteiger charge is 2.26. The van der Waals surface area contributed by atoms with Gasteiger partial charge < -0.3 is 15.8 Å². The molecule has 3 N–H and O–H groups in total. The smallest absolute Gasteiger partial charge is 0.341 e. The number of esters is 1. The summed E-state index contributed by atoms with van der Waals surface area (Å²) >= 11 is 1.01. The third-order valence-corrected chi connectivity index (χ3v) is 4.89. The first-order valence-electron chi connectivity index (χ1n) is 7.56. The zero-order chi connectivity index (χ0) is 17.0. The monoisotopic (exact) mass is 339 g/mol. The molecule has 0 bridgehead atoms. The molecule has 8 heteroatoms. The van der Waals surface area contributed by atoms with Crippen LogP contribution in [0.25, 0.3) is 0 Å². The zero-order valence-corrected chi connectivity index (χ0v) is 14.1. The maximum absolute atomic E-state index is 12.2. The lowest BCUT2D eigenvalue weighted by atomic mass is 10.1. The molecule has 7 nitrogen and oxygen atoms in total. The van der Waals surface area contributed by atoms with Crippen LogP contribution in [0.1, 0.15) is 45.4 Å². The molecule has 0 unspecified atom stereocenters. The molecule has 0 spiro atoms. The molecule has 1 aliphatic rings. The highest BCUT2D eigenvalue weighted by Crippen LogP contribution is 2.33. The number of ether oxygens (including phenoxy) is 1. The van der Waals surface area contributed by atoms with Gasteiger partial charge in [-0.25, -0.2) is 4.79 Å². The molecule has 23 heavy (non-hydrogen) atoms. The van der Waals surface area contributed by atoms with Crippen LogP contribution in [-0.2, 0) is 9.53 Å². The van der Waals surface area contributed by atoms with Crippen LogP contribution in [0, 0.1) is 6.92 Å². The predicted octanol–water partition coefficient (Wildman–Crippen LogP) is 1.37. The molecule has 1 aliphatic heterocycles. The molecule has 0 aliphatic carbocycles. The number of nitrogens with zero attached hydrogens (tertiary/aromatic N) is 1. The van der Waals surface area contributed by atoms with Crippen molar-refractivity contribution in [3.8, 4) is 0 Å². The van der Waals surface area contributed by atoms with Crippen LogP contribution in [0.15, 0.2) is 0 Å². The second-order valence-corrected chi connectivity index (χ2v) is 6.40. The molecule has 1 fully saturated rings. The topological polar surface area (TPSA) is 102 Å². The van der Waals surface area contributed by atoms with E-state index in [0.29, 0.717) is 10.6 Å². The molecule has 2 rings (SSSR count). The number of carbonyl (C=O) groups excluding carboxylic acids is 3. The van der Waals surface area contributed by atoms with Crippen molar-refractivity contribution < 1.29 is 19.1 Å². The van der Waals surface area contributed by atoms with E-state index in [9.17, 15) is 14.4 Å². The van der Waals surface area contributed by atoms with Crippen molar-refractivity contribution in [1.82, 2.24) is 4.90 Å². The fourth-order valence-electron chi connectivity index (χ4n) is 2.60. The van der Waals surface area contributed by atoms with Crippen molar-refractivity contribution >= 4 is 34.1 Å². The van der Waals surface area contributed by atoms with Gasteiger partial charge in [0.1, 0.15) is 5.00 Å². The molecular formula is C15H21N3O4S. The maximum Gasteiger partial charge on any atom is 0.341 e. The Morgan fingerprint density at radius 3 is 2.52 bits per heavy atom. The minimum absolute atomic E-state index is 0.209. The Kier molecular flexibility index (Phi) is 5.73. The van der Waals surface area contributed by atoms with Crippen LogP contribution in [0.5, 0.6) is 0 Å². The number of carbonyl (C=O) groups is 3. The number of hydrogen-bond acceptors (Lipinski definition) is 6. The van der Waals surface area contributed by atoms with Gasteiger partial charge in [-0.1, -0.05) is 0 Å². The van der Waals surface area contributed by atoms with Crippen molar-refractivity contribution in [2.45, 2.75) is 26.7 Å². The molecule has 0 aromatic carbocycles. The molecule has 0 saturated carbocycles. The number of primary amides is 1. The Bertz CT molecular complexity index is 620. The normalized spacial score (nSPS) is 14.7. The van der Waals surface area contributed by atoms with Crippen LogP contribution >= 0.6 is 11.3 Å². The van der Waals surface area contributed by atoms with Crippen LogP contribution in [-0.4, -0.2) is 48.9 Å². The van der Waals surface area contributed by atoms with Crippen molar-refractivity contribution in [3.05, 3.63) is 16.0 Å².